The fourth-order valence-electron chi connectivity index (χ4n) is 2.12. The molecule has 86 valence electrons. The lowest BCUT2D eigenvalue weighted by atomic mass is 9.95. The van der Waals surface area contributed by atoms with Crippen molar-refractivity contribution in [1.29, 1.82) is 0 Å². The first-order valence-electron chi connectivity index (χ1n) is 5.62. The highest BCUT2D eigenvalue weighted by molar-refractivity contribution is 5.24. The van der Waals surface area contributed by atoms with Gasteiger partial charge in [0.2, 0.25) is 0 Å². The van der Waals surface area contributed by atoms with Gasteiger partial charge in [-0.2, -0.15) is 0 Å². The Hall–Kier alpha value is -0.900. The average Bonchev–Trinajstić information content (AvgIpc) is 3.05. The van der Waals surface area contributed by atoms with Gasteiger partial charge >= 0.3 is 0 Å². The van der Waals surface area contributed by atoms with E-state index in [1.807, 2.05) is 32.0 Å². The Morgan fingerprint density at radius 1 is 1.06 bits per heavy atom. The van der Waals surface area contributed by atoms with Gasteiger partial charge in [-0.05, 0) is 19.4 Å². The summed E-state index contributed by atoms with van der Waals surface area (Å²) >= 11 is 0. The van der Waals surface area contributed by atoms with Gasteiger partial charge in [0, 0.05) is 0 Å². The standard InChI is InChI=1S/C13H16O3/c1-12(2)14-8-13(9-15-13)11(16-12)10-6-4-3-5-7-10/h3-7,11H,8-9H2,1-2H3. The molecule has 2 fully saturated rings. The minimum absolute atomic E-state index is 0.0163. The Balaban J connectivity index is 1.92. The quantitative estimate of drug-likeness (QED) is 0.680. The van der Waals surface area contributed by atoms with Crippen LogP contribution in [0.25, 0.3) is 0 Å². The van der Waals surface area contributed by atoms with Crippen molar-refractivity contribution in [3.05, 3.63) is 35.9 Å². The third-order valence-electron chi connectivity index (χ3n) is 3.16. The average molecular weight is 220 g/mol. The topological polar surface area (TPSA) is 31.0 Å². The molecule has 2 heterocycles. The van der Waals surface area contributed by atoms with E-state index in [2.05, 4.69) is 12.1 Å². The maximum absolute atomic E-state index is 5.99. The van der Waals surface area contributed by atoms with Gasteiger partial charge in [-0.25, -0.2) is 0 Å². The van der Waals surface area contributed by atoms with Gasteiger partial charge in [0.15, 0.2) is 5.79 Å². The normalized spacial score (nSPS) is 36.2. The van der Waals surface area contributed by atoms with Crippen LogP contribution in [0, 0.1) is 0 Å². The lowest BCUT2D eigenvalue weighted by molar-refractivity contribution is -0.298. The lowest BCUT2D eigenvalue weighted by Crippen LogP contribution is -2.46. The molecule has 2 atom stereocenters. The molecule has 3 heteroatoms. The van der Waals surface area contributed by atoms with E-state index in [4.69, 9.17) is 14.2 Å². The number of hydrogen-bond acceptors (Lipinski definition) is 3. The van der Waals surface area contributed by atoms with E-state index in [0.29, 0.717) is 6.61 Å². The molecule has 2 saturated heterocycles. The van der Waals surface area contributed by atoms with Gasteiger partial charge in [-0.3, -0.25) is 0 Å². The van der Waals surface area contributed by atoms with E-state index in [1.165, 1.54) is 0 Å². The van der Waals surface area contributed by atoms with E-state index < -0.39 is 5.79 Å². The molecule has 1 aromatic rings. The molecule has 0 radical (unpaired) electrons. The molecule has 2 aliphatic rings. The highest BCUT2D eigenvalue weighted by atomic mass is 16.8. The Kier molecular flexibility index (Phi) is 2.11. The molecular weight excluding hydrogens is 204 g/mol. The molecule has 3 rings (SSSR count). The summed E-state index contributed by atoms with van der Waals surface area (Å²) < 4.78 is 17.2. The van der Waals surface area contributed by atoms with Gasteiger partial charge in [0.1, 0.15) is 11.7 Å². The summed E-state index contributed by atoms with van der Waals surface area (Å²) in [4.78, 5) is 0. The Labute approximate surface area is 95.3 Å². The largest absolute Gasteiger partial charge is 0.364 e. The summed E-state index contributed by atoms with van der Waals surface area (Å²) in [6, 6.07) is 10.2. The van der Waals surface area contributed by atoms with Crippen LogP contribution in [-0.2, 0) is 14.2 Å². The first kappa shape index (κ1) is 10.3. The van der Waals surface area contributed by atoms with Crippen LogP contribution in [0.2, 0.25) is 0 Å². The summed E-state index contributed by atoms with van der Waals surface area (Å²) in [6.07, 6.45) is -0.0163. The summed E-state index contributed by atoms with van der Waals surface area (Å²) in [5.74, 6) is -0.530. The van der Waals surface area contributed by atoms with Crippen molar-refractivity contribution in [2.45, 2.75) is 31.3 Å². The minimum Gasteiger partial charge on any atom is -0.364 e. The smallest absolute Gasteiger partial charge is 0.163 e. The molecule has 3 nitrogen and oxygen atoms in total. The minimum atomic E-state index is -0.530. The number of benzene rings is 1. The zero-order valence-electron chi connectivity index (χ0n) is 9.60. The van der Waals surface area contributed by atoms with Gasteiger partial charge in [-0.1, -0.05) is 30.3 Å². The molecule has 2 unspecified atom stereocenters. The van der Waals surface area contributed by atoms with Crippen LogP contribution in [0.15, 0.2) is 30.3 Å². The summed E-state index contributed by atoms with van der Waals surface area (Å²) in [7, 11) is 0. The van der Waals surface area contributed by atoms with Crippen molar-refractivity contribution in [1.82, 2.24) is 0 Å². The number of epoxide rings is 1. The Bertz CT molecular complexity index is 381. The number of hydrogen-bond donors (Lipinski definition) is 0. The van der Waals surface area contributed by atoms with E-state index >= 15 is 0 Å². The molecule has 0 N–H and O–H groups in total. The monoisotopic (exact) mass is 220 g/mol. The second-order valence-electron chi connectivity index (χ2n) is 4.95. The van der Waals surface area contributed by atoms with Crippen LogP contribution in [0.4, 0.5) is 0 Å². The highest BCUT2D eigenvalue weighted by Gasteiger charge is 2.58. The maximum Gasteiger partial charge on any atom is 0.163 e. The second kappa shape index (κ2) is 3.29. The third-order valence-corrected chi connectivity index (χ3v) is 3.16. The molecule has 16 heavy (non-hydrogen) atoms. The molecule has 1 spiro atoms. The molecular formula is C13H16O3. The fraction of sp³-hybridized carbons (Fsp3) is 0.538. The van der Waals surface area contributed by atoms with Gasteiger partial charge in [-0.15, -0.1) is 0 Å². The van der Waals surface area contributed by atoms with Crippen molar-refractivity contribution in [2.75, 3.05) is 13.2 Å². The van der Waals surface area contributed by atoms with Crippen LogP contribution < -0.4 is 0 Å². The van der Waals surface area contributed by atoms with Crippen LogP contribution >= 0.6 is 0 Å². The first-order valence-corrected chi connectivity index (χ1v) is 5.62. The van der Waals surface area contributed by atoms with Crippen molar-refractivity contribution in [3.8, 4) is 0 Å². The maximum atomic E-state index is 5.99. The van der Waals surface area contributed by atoms with Crippen molar-refractivity contribution < 1.29 is 14.2 Å². The number of ether oxygens (including phenoxy) is 3. The Morgan fingerprint density at radius 3 is 2.31 bits per heavy atom. The van der Waals surface area contributed by atoms with Crippen LogP contribution in [-0.4, -0.2) is 24.6 Å². The van der Waals surface area contributed by atoms with Gasteiger partial charge < -0.3 is 14.2 Å². The highest BCUT2D eigenvalue weighted by Crippen LogP contribution is 2.48. The predicted molar refractivity (Wildman–Crippen MR) is 59.0 cm³/mol. The van der Waals surface area contributed by atoms with Crippen molar-refractivity contribution in [3.63, 3.8) is 0 Å². The van der Waals surface area contributed by atoms with E-state index in [-0.39, 0.29) is 11.7 Å². The lowest BCUT2D eigenvalue weighted by Gasteiger charge is -2.40. The van der Waals surface area contributed by atoms with Crippen molar-refractivity contribution in [2.24, 2.45) is 0 Å². The Morgan fingerprint density at radius 2 is 1.69 bits per heavy atom. The predicted octanol–water partition coefficient (Wildman–Crippen LogP) is 2.28. The molecule has 0 bridgehead atoms. The van der Waals surface area contributed by atoms with Crippen LogP contribution in [0.5, 0.6) is 0 Å². The fourth-order valence-corrected chi connectivity index (χ4v) is 2.12. The zero-order chi connectivity index (χ0) is 11.2. The third kappa shape index (κ3) is 1.65. The molecule has 1 aromatic carbocycles. The molecule has 0 aliphatic carbocycles. The number of rotatable bonds is 1. The van der Waals surface area contributed by atoms with Crippen LogP contribution in [0.3, 0.4) is 0 Å². The molecule has 0 amide bonds. The molecule has 2 aliphatic heterocycles. The van der Waals surface area contributed by atoms with Gasteiger partial charge in [0.25, 0.3) is 0 Å². The van der Waals surface area contributed by atoms with Crippen molar-refractivity contribution >= 4 is 0 Å². The first-order chi connectivity index (χ1) is 7.61. The van der Waals surface area contributed by atoms with E-state index in [9.17, 15) is 0 Å². The zero-order valence-corrected chi connectivity index (χ0v) is 9.60. The SMILES string of the molecule is CC1(C)OCC2(CO2)C(c2ccccc2)O1. The van der Waals surface area contributed by atoms with E-state index in [1.54, 1.807) is 0 Å². The summed E-state index contributed by atoms with van der Waals surface area (Å²) in [5, 5.41) is 0. The molecule has 0 saturated carbocycles. The summed E-state index contributed by atoms with van der Waals surface area (Å²) in [6.45, 7) is 5.22. The summed E-state index contributed by atoms with van der Waals surface area (Å²) in [5.41, 5.74) is 0.924. The van der Waals surface area contributed by atoms with E-state index in [0.717, 1.165) is 12.2 Å². The second-order valence-corrected chi connectivity index (χ2v) is 4.95. The van der Waals surface area contributed by atoms with Gasteiger partial charge in [0.05, 0.1) is 13.2 Å². The molecule has 0 aromatic heterocycles. The van der Waals surface area contributed by atoms with Crippen LogP contribution in [0.1, 0.15) is 25.5 Å².